The number of rotatable bonds is 5. The van der Waals surface area contributed by atoms with Crippen LogP contribution < -0.4 is 14.4 Å². The van der Waals surface area contributed by atoms with Crippen molar-refractivity contribution in [2.75, 3.05) is 16.6 Å². The van der Waals surface area contributed by atoms with Gasteiger partial charge in [-0.3, -0.25) is 9.10 Å². The monoisotopic (exact) mass is 374 g/mol. The van der Waals surface area contributed by atoms with Crippen LogP contribution in [0.1, 0.15) is 25.5 Å². The van der Waals surface area contributed by atoms with Crippen LogP contribution in [-0.2, 0) is 14.8 Å². The first-order valence-electron chi connectivity index (χ1n) is 8.54. The molecule has 3 rings (SSSR count). The zero-order chi connectivity index (χ0) is 18.7. The number of hydrogen-bond acceptors (Lipinski definition) is 4. The Labute approximate surface area is 153 Å². The highest BCUT2D eigenvalue weighted by molar-refractivity contribution is 7.92. The normalized spacial score (nSPS) is 17.8. The number of carbonyl (C=O) groups is 1. The molecule has 0 saturated carbocycles. The highest BCUT2D eigenvalue weighted by Gasteiger charge is 2.36. The number of carbonyl (C=O) groups excluding carboxylic acids is 1. The maximum atomic E-state index is 12.7. The van der Waals surface area contributed by atoms with Crippen molar-refractivity contribution in [3.63, 3.8) is 0 Å². The van der Waals surface area contributed by atoms with Gasteiger partial charge in [0.05, 0.1) is 24.0 Å². The van der Waals surface area contributed by atoms with Gasteiger partial charge in [0, 0.05) is 0 Å². The summed E-state index contributed by atoms with van der Waals surface area (Å²) < 4.78 is 32.0. The van der Waals surface area contributed by atoms with E-state index in [-0.39, 0.29) is 24.2 Å². The summed E-state index contributed by atoms with van der Waals surface area (Å²) in [4.78, 5) is 12.7. The summed E-state index contributed by atoms with van der Waals surface area (Å²) in [6, 6.07) is 16.2. The van der Waals surface area contributed by atoms with E-state index < -0.39 is 16.1 Å². The van der Waals surface area contributed by atoms with Gasteiger partial charge < -0.3 is 10.1 Å². The highest BCUT2D eigenvalue weighted by atomic mass is 32.2. The third-order valence-electron chi connectivity index (χ3n) is 4.39. The van der Waals surface area contributed by atoms with Crippen molar-refractivity contribution in [1.29, 1.82) is 0 Å². The molecule has 0 fully saturated rings. The van der Waals surface area contributed by atoms with E-state index in [1.54, 1.807) is 31.2 Å². The summed E-state index contributed by atoms with van der Waals surface area (Å²) >= 11 is 0. The summed E-state index contributed by atoms with van der Waals surface area (Å²) in [6.45, 7) is 3.42. The lowest BCUT2D eigenvalue weighted by molar-refractivity contribution is -0.128. The topological polar surface area (TPSA) is 75.7 Å². The van der Waals surface area contributed by atoms with Crippen LogP contribution in [0.15, 0.2) is 54.6 Å². The van der Waals surface area contributed by atoms with Crippen molar-refractivity contribution in [1.82, 2.24) is 5.32 Å². The second-order valence-corrected chi connectivity index (χ2v) is 8.33. The molecule has 26 heavy (non-hydrogen) atoms. The molecule has 1 aliphatic heterocycles. The maximum absolute atomic E-state index is 12.7. The Morgan fingerprint density at radius 1 is 1.19 bits per heavy atom. The lowest BCUT2D eigenvalue weighted by Crippen LogP contribution is -2.51. The minimum absolute atomic E-state index is 0.0411. The quantitative estimate of drug-likeness (QED) is 0.872. The van der Waals surface area contributed by atoms with Crippen molar-refractivity contribution in [3.8, 4) is 5.75 Å². The van der Waals surface area contributed by atoms with Crippen LogP contribution >= 0.6 is 0 Å². The standard InChI is InChI=1S/C19H22N2O4S/c1-3-26(23,24)21-13-18(25-17-12-8-7-11-16(17)21)19(22)20-14(2)15-9-5-4-6-10-15/h4-12,14,18H,3,13H2,1-2H3,(H,20,22)/t14-,18?/m1/s1. The predicted molar refractivity (Wildman–Crippen MR) is 101 cm³/mol. The van der Waals surface area contributed by atoms with E-state index in [9.17, 15) is 13.2 Å². The average Bonchev–Trinajstić information content (AvgIpc) is 2.67. The van der Waals surface area contributed by atoms with E-state index in [1.807, 2.05) is 37.3 Å². The Bertz CT molecular complexity index is 883. The molecule has 7 heteroatoms. The molecule has 1 aliphatic rings. The minimum atomic E-state index is -3.51. The summed E-state index contributed by atoms with van der Waals surface area (Å²) in [5, 5.41) is 2.90. The van der Waals surface area contributed by atoms with Crippen LogP contribution in [0.3, 0.4) is 0 Å². The number of nitrogens with one attached hydrogen (secondary N) is 1. The number of ether oxygens (including phenoxy) is 1. The Morgan fingerprint density at radius 3 is 2.54 bits per heavy atom. The molecule has 1 N–H and O–H groups in total. The Balaban J connectivity index is 1.82. The van der Waals surface area contributed by atoms with Crippen molar-refractivity contribution in [3.05, 3.63) is 60.2 Å². The zero-order valence-corrected chi connectivity index (χ0v) is 15.6. The number of para-hydroxylation sites is 2. The molecule has 0 radical (unpaired) electrons. The number of sulfonamides is 1. The van der Waals surface area contributed by atoms with Gasteiger partial charge in [0.15, 0.2) is 6.10 Å². The van der Waals surface area contributed by atoms with Crippen molar-refractivity contribution in [2.24, 2.45) is 0 Å². The molecule has 0 spiro atoms. The molecule has 6 nitrogen and oxygen atoms in total. The van der Waals surface area contributed by atoms with Crippen molar-refractivity contribution in [2.45, 2.75) is 26.0 Å². The molecule has 1 amide bonds. The van der Waals surface area contributed by atoms with Crippen molar-refractivity contribution < 1.29 is 17.9 Å². The predicted octanol–water partition coefficient (Wildman–Crippen LogP) is 2.48. The Kier molecular flexibility index (Phi) is 5.18. The molecule has 138 valence electrons. The van der Waals surface area contributed by atoms with E-state index >= 15 is 0 Å². The fraction of sp³-hybridized carbons (Fsp3) is 0.316. The van der Waals surface area contributed by atoms with E-state index in [0.29, 0.717) is 11.4 Å². The summed E-state index contributed by atoms with van der Waals surface area (Å²) in [6.07, 6.45) is -0.905. The summed E-state index contributed by atoms with van der Waals surface area (Å²) in [7, 11) is -3.51. The van der Waals surface area contributed by atoms with Gasteiger partial charge in [0.1, 0.15) is 5.75 Å². The number of nitrogens with zero attached hydrogens (tertiary/aromatic N) is 1. The van der Waals surface area contributed by atoms with Crippen LogP contribution in [-0.4, -0.2) is 32.7 Å². The molecular weight excluding hydrogens is 352 g/mol. The molecule has 2 aromatic carbocycles. The van der Waals surface area contributed by atoms with Gasteiger partial charge in [-0.25, -0.2) is 8.42 Å². The zero-order valence-electron chi connectivity index (χ0n) is 14.8. The maximum Gasteiger partial charge on any atom is 0.263 e. The number of amides is 1. The van der Waals surface area contributed by atoms with Gasteiger partial charge in [-0.15, -0.1) is 0 Å². The van der Waals surface area contributed by atoms with E-state index in [2.05, 4.69) is 5.32 Å². The second-order valence-electron chi connectivity index (χ2n) is 6.15. The lowest BCUT2D eigenvalue weighted by atomic mass is 10.1. The molecular formula is C19H22N2O4S. The van der Waals surface area contributed by atoms with Crippen LogP contribution in [0.25, 0.3) is 0 Å². The van der Waals surface area contributed by atoms with Gasteiger partial charge in [0.2, 0.25) is 10.0 Å². The largest absolute Gasteiger partial charge is 0.476 e. The first-order chi connectivity index (χ1) is 12.4. The van der Waals surface area contributed by atoms with Gasteiger partial charge >= 0.3 is 0 Å². The third-order valence-corrected chi connectivity index (χ3v) is 6.13. The molecule has 2 aromatic rings. The number of anilines is 1. The molecule has 1 heterocycles. The fourth-order valence-electron chi connectivity index (χ4n) is 2.89. The van der Waals surface area contributed by atoms with Crippen LogP contribution in [0.2, 0.25) is 0 Å². The first-order valence-corrected chi connectivity index (χ1v) is 10.1. The minimum Gasteiger partial charge on any atom is -0.476 e. The molecule has 0 saturated heterocycles. The number of hydrogen-bond donors (Lipinski definition) is 1. The van der Waals surface area contributed by atoms with Gasteiger partial charge in [0.25, 0.3) is 5.91 Å². The SMILES string of the molecule is CCS(=O)(=O)N1CC(C(=O)N[C@H](C)c2ccccc2)Oc2ccccc21. The number of benzene rings is 2. The average molecular weight is 374 g/mol. The number of fused-ring (bicyclic) bond motifs is 1. The molecule has 1 unspecified atom stereocenters. The van der Waals surface area contributed by atoms with Crippen LogP contribution in [0, 0.1) is 0 Å². The van der Waals surface area contributed by atoms with Crippen molar-refractivity contribution >= 4 is 21.6 Å². The van der Waals surface area contributed by atoms with Gasteiger partial charge in [-0.05, 0) is 31.5 Å². The fourth-order valence-corrected chi connectivity index (χ4v) is 4.01. The summed E-state index contributed by atoms with van der Waals surface area (Å²) in [5.41, 5.74) is 1.43. The second kappa shape index (κ2) is 7.37. The molecule has 2 atom stereocenters. The Hall–Kier alpha value is -2.54. The summed E-state index contributed by atoms with van der Waals surface area (Å²) in [5.74, 6) is 0.00580. The van der Waals surface area contributed by atoms with Crippen LogP contribution in [0.4, 0.5) is 5.69 Å². The van der Waals surface area contributed by atoms with Gasteiger partial charge in [-0.1, -0.05) is 42.5 Å². The highest BCUT2D eigenvalue weighted by Crippen LogP contribution is 2.35. The van der Waals surface area contributed by atoms with Crippen LogP contribution in [0.5, 0.6) is 5.75 Å². The third kappa shape index (κ3) is 3.67. The molecule has 0 bridgehead atoms. The van der Waals surface area contributed by atoms with E-state index in [4.69, 9.17) is 4.74 Å². The smallest absolute Gasteiger partial charge is 0.263 e. The molecule has 0 aromatic heterocycles. The Morgan fingerprint density at radius 2 is 1.85 bits per heavy atom. The lowest BCUT2D eigenvalue weighted by Gasteiger charge is -2.35. The van der Waals surface area contributed by atoms with Gasteiger partial charge in [-0.2, -0.15) is 0 Å². The van der Waals surface area contributed by atoms with E-state index in [0.717, 1.165) is 5.56 Å². The first kappa shape index (κ1) is 18.3. The molecule has 0 aliphatic carbocycles. The van der Waals surface area contributed by atoms with E-state index in [1.165, 1.54) is 4.31 Å².